The summed E-state index contributed by atoms with van der Waals surface area (Å²) in [6.07, 6.45) is 3.62. The predicted octanol–water partition coefficient (Wildman–Crippen LogP) is 4.63. The number of H-pyrrole nitrogens is 1. The Morgan fingerprint density at radius 2 is 1.89 bits per heavy atom. The third kappa shape index (κ3) is 4.72. The van der Waals surface area contributed by atoms with E-state index < -0.39 is 5.97 Å². The molecule has 0 unspecified atom stereocenters. The third-order valence-electron chi connectivity index (χ3n) is 5.72. The lowest BCUT2D eigenvalue weighted by molar-refractivity contribution is -0.113. The van der Waals surface area contributed by atoms with Crippen molar-refractivity contribution in [3.63, 3.8) is 0 Å². The van der Waals surface area contributed by atoms with E-state index in [0.29, 0.717) is 27.4 Å². The molecule has 1 aliphatic carbocycles. The summed E-state index contributed by atoms with van der Waals surface area (Å²) in [5.74, 6) is -0.764. The Morgan fingerprint density at radius 3 is 2.63 bits per heavy atom. The van der Waals surface area contributed by atoms with Gasteiger partial charge in [-0.2, -0.15) is 0 Å². The molecule has 0 atom stereocenters. The Labute approximate surface area is 205 Å². The Bertz CT molecular complexity index is 1460. The smallest absolute Gasteiger partial charge is 0.340 e. The average Bonchev–Trinajstić information content (AvgIpc) is 3.61. The molecule has 0 spiro atoms. The summed E-state index contributed by atoms with van der Waals surface area (Å²) in [4.78, 5) is 46.2. The number of fused-ring (bicyclic) bond motifs is 1. The number of aromatic amines is 1. The number of ether oxygens (including phenoxy) is 1. The molecule has 2 aromatic carbocycles. The number of amides is 1. The van der Waals surface area contributed by atoms with E-state index in [1.165, 1.54) is 11.8 Å². The molecule has 4 aromatic rings. The number of benzene rings is 2. The lowest BCUT2D eigenvalue weighted by Gasteiger charge is -2.13. The van der Waals surface area contributed by atoms with Gasteiger partial charge >= 0.3 is 5.97 Å². The molecule has 178 valence electrons. The van der Waals surface area contributed by atoms with E-state index >= 15 is 0 Å². The zero-order chi connectivity index (χ0) is 24.4. The molecule has 9 heteroatoms. The Morgan fingerprint density at radius 1 is 1.14 bits per heavy atom. The van der Waals surface area contributed by atoms with E-state index in [4.69, 9.17) is 9.72 Å². The highest BCUT2D eigenvalue weighted by atomic mass is 32.2. The van der Waals surface area contributed by atoms with Crippen LogP contribution in [0.2, 0.25) is 0 Å². The first-order valence-electron chi connectivity index (χ1n) is 11.4. The molecule has 1 saturated carbocycles. The first-order chi connectivity index (χ1) is 17.1. The molecule has 2 N–H and O–H groups in total. The van der Waals surface area contributed by atoms with Crippen molar-refractivity contribution in [1.82, 2.24) is 14.5 Å². The molecule has 0 bridgehead atoms. The van der Waals surface area contributed by atoms with Gasteiger partial charge in [-0.25, -0.2) is 9.78 Å². The molecule has 35 heavy (non-hydrogen) atoms. The second-order valence-electron chi connectivity index (χ2n) is 8.20. The molecule has 0 saturated heterocycles. The number of hydrogen-bond acceptors (Lipinski definition) is 6. The summed E-state index contributed by atoms with van der Waals surface area (Å²) in [6, 6.07) is 16.6. The molecule has 2 aromatic heterocycles. The van der Waals surface area contributed by atoms with Gasteiger partial charge in [0.1, 0.15) is 11.0 Å². The van der Waals surface area contributed by atoms with E-state index in [-0.39, 0.29) is 29.9 Å². The van der Waals surface area contributed by atoms with Crippen LogP contribution in [0.15, 0.2) is 70.7 Å². The molecule has 1 amide bonds. The fourth-order valence-corrected chi connectivity index (χ4v) is 4.80. The van der Waals surface area contributed by atoms with Crippen molar-refractivity contribution in [1.29, 1.82) is 0 Å². The van der Waals surface area contributed by atoms with Gasteiger partial charge in [-0.1, -0.05) is 54.2 Å². The van der Waals surface area contributed by atoms with E-state index in [0.717, 1.165) is 24.0 Å². The van der Waals surface area contributed by atoms with Crippen LogP contribution in [0.3, 0.4) is 0 Å². The van der Waals surface area contributed by atoms with E-state index in [1.807, 2.05) is 30.3 Å². The SMILES string of the molecule is CCOC(=O)c1ccccc1NC(=O)CSc1nc2c(-c3ccccc3)c[nH]c2c(=O)n1C1CC1. The van der Waals surface area contributed by atoms with Gasteiger partial charge in [0, 0.05) is 17.8 Å². The number of para-hydroxylation sites is 1. The highest BCUT2D eigenvalue weighted by molar-refractivity contribution is 7.99. The third-order valence-corrected chi connectivity index (χ3v) is 6.68. The molecule has 0 aliphatic heterocycles. The molecule has 8 nitrogen and oxygen atoms in total. The molecule has 5 rings (SSSR count). The van der Waals surface area contributed by atoms with Crippen molar-refractivity contribution in [2.24, 2.45) is 0 Å². The largest absolute Gasteiger partial charge is 0.462 e. The van der Waals surface area contributed by atoms with Crippen LogP contribution in [0.25, 0.3) is 22.2 Å². The number of rotatable bonds is 8. The van der Waals surface area contributed by atoms with Crippen molar-refractivity contribution in [2.75, 3.05) is 17.7 Å². The van der Waals surface area contributed by atoms with Gasteiger partial charge in [-0.15, -0.1) is 0 Å². The molecule has 2 heterocycles. The van der Waals surface area contributed by atoms with Gasteiger partial charge in [0.25, 0.3) is 5.56 Å². The van der Waals surface area contributed by atoms with Gasteiger partial charge in [-0.3, -0.25) is 14.2 Å². The first kappa shape index (κ1) is 22.9. The molecule has 1 fully saturated rings. The zero-order valence-corrected chi connectivity index (χ0v) is 19.9. The van der Waals surface area contributed by atoms with E-state index in [2.05, 4.69) is 10.3 Å². The van der Waals surface area contributed by atoms with Gasteiger partial charge in [0.15, 0.2) is 5.16 Å². The monoisotopic (exact) mass is 488 g/mol. The quantitative estimate of drug-likeness (QED) is 0.213. The lowest BCUT2D eigenvalue weighted by atomic mass is 10.1. The predicted molar refractivity (Wildman–Crippen MR) is 136 cm³/mol. The molecular weight excluding hydrogens is 464 g/mol. The highest BCUT2D eigenvalue weighted by Gasteiger charge is 2.30. The van der Waals surface area contributed by atoms with Crippen molar-refractivity contribution < 1.29 is 14.3 Å². The number of thioether (sulfide) groups is 1. The molecule has 1 aliphatic rings. The average molecular weight is 489 g/mol. The molecular formula is C26H24N4O4S. The van der Waals surface area contributed by atoms with Crippen molar-refractivity contribution in [2.45, 2.75) is 31.0 Å². The maximum absolute atomic E-state index is 13.3. The van der Waals surface area contributed by atoms with Crippen LogP contribution in [-0.4, -0.2) is 38.8 Å². The van der Waals surface area contributed by atoms with Crippen LogP contribution in [-0.2, 0) is 9.53 Å². The lowest BCUT2D eigenvalue weighted by Crippen LogP contribution is -2.23. The number of carbonyl (C=O) groups is 2. The number of aromatic nitrogens is 3. The summed E-state index contributed by atoms with van der Waals surface area (Å²) >= 11 is 1.21. The van der Waals surface area contributed by atoms with Crippen LogP contribution in [0.1, 0.15) is 36.2 Å². The van der Waals surface area contributed by atoms with Crippen LogP contribution < -0.4 is 10.9 Å². The minimum absolute atomic E-state index is 0.0346. The van der Waals surface area contributed by atoms with Crippen molar-refractivity contribution >= 4 is 40.4 Å². The summed E-state index contributed by atoms with van der Waals surface area (Å²) in [7, 11) is 0. The summed E-state index contributed by atoms with van der Waals surface area (Å²) in [5, 5.41) is 3.30. The number of hydrogen-bond donors (Lipinski definition) is 2. The Balaban J connectivity index is 1.42. The maximum atomic E-state index is 13.3. The van der Waals surface area contributed by atoms with E-state index in [1.54, 1.807) is 42.0 Å². The van der Waals surface area contributed by atoms with Crippen molar-refractivity contribution in [3.05, 3.63) is 76.7 Å². The highest BCUT2D eigenvalue weighted by Crippen LogP contribution is 2.37. The van der Waals surface area contributed by atoms with Gasteiger partial charge in [0.05, 0.1) is 23.6 Å². The second kappa shape index (κ2) is 9.79. The number of anilines is 1. The summed E-state index contributed by atoms with van der Waals surface area (Å²) in [6.45, 7) is 1.97. The van der Waals surface area contributed by atoms with Crippen LogP contribution in [0.4, 0.5) is 5.69 Å². The van der Waals surface area contributed by atoms with Gasteiger partial charge in [-0.05, 0) is 37.5 Å². The van der Waals surface area contributed by atoms with Crippen LogP contribution in [0.5, 0.6) is 0 Å². The number of nitrogens with zero attached hydrogens (tertiary/aromatic N) is 2. The van der Waals surface area contributed by atoms with Crippen LogP contribution in [0, 0.1) is 0 Å². The first-order valence-corrected chi connectivity index (χ1v) is 12.4. The number of carbonyl (C=O) groups excluding carboxylic acids is 2. The number of nitrogens with one attached hydrogen (secondary N) is 2. The Hall–Kier alpha value is -3.85. The number of esters is 1. The van der Waals surface area contributed by atoms with Gasteiger partial charge < -0.3 is 15.0 Å². The van der Waals surface area contributed by atoms with Crippen LogP contribution >= 0.6 is 11.8 Å². The second-order valence-corrected chi connectivity index (χ2v) is 9.14. The minimum Gasteiger partial charge on any atom is -0.462 e. The standard InChI is InChI=1S/C26H24N4O4S/c1-2-34-25(33)18-10-6-7-11-20(18)28-21(31)15-35-26-29-22-19(16-8-4-3-5-9-16)14-27-23(22)24(32)30(26)17-12-13-17/h3-11,14,17,27H,2,12-13,15H2,1H3,(H,28,31). The normalized spacial score (nSPS) is 13.1. The van der Waals surface area contributed by atoms with E-state index in [9.17, 15) is 14.4 Å². The zero-order valence-electron chi connectivity index (χ0n) is 19.1. The Kier molecular flexibility index (Phi) is 6.41. The topological polar surface area (TPSA) is 106 Å². The maximum Gasteiger partial charge on any atom is 0.340 e. The minimum atomic E-state index is -0.494. The summed E-state index contributed by atoms with van der Waals surface area (Å²) < 4.78 is 6.77. The van der Waals surface area contributed by atoms with Gasteiger partial charge in [0.2, 0.25) is 5.91 Å². The fourth-order valence-electron chi connectivity index (χ4n) is 3.94. The summed E-state index contributed by atoms with van der Waals surface area (Å²) in [5.41, 5.74) is 3.41. The van der Waals surface area contributed by atoms with Crippen molar-refractivity contribution in [3.8, 4) is 11.1 Å². The molecule has 0 radical (unpaired) electrons. The fraction of sp³-hybridized carbons (Fsp3) is 0.231.